The monoisotopic (exact) mass is 363 g/mol. The lowest BCUT2D eigenvalue weighted by atomic mass is 10.1. The van der Waals surface area contributed by atoms with Crippen LogP contribution in [0.3, 0.4) is 0 Å². The maximum atomic E-state index is 12.2. The smallest absolute Gasteiger partial charge is 0.271 e. The van der Waals surface area contributed by atoms with Gasteiger partial charge in [0.05, 0.1) is 21.3 Å². The molecular weight excluding hydrogens is 349 g/mol. The van der Waals surface area contributed by atoms with Gasteiger partial charge in [-0.25, -0.2) is 0 Å². The third kappa shape index (κ3) is 3.45. The Kier molecular flexibility index (Phi) is 5.66. The molecule has 0 amide bonds. The average molecular weight is 364 g/mol. The molecule has 0 spiro atoms. The van der Waals surface area contributed by atoms with E-state index in [4.69, 9.17) is 23.2 Å². The molecule has 1 N–H and O–H groups in total. The normalized spacial score (nSPS) is 11.0. The van der Waals surface area contributed by atoms with Crippen LogP contribution in [0.5, 0.6) is 5.88 Å². The van der Waals surface area contributed by atoms with Gasteiger partial charge in [-0.05, 0) is 37.1 Å². The molecule has 0 bridgehead atoms. The molecule has 0 aliphatic carbocycles. The highest BCUT2D eigenvalue weighted by Gasteiger charge is 2.17. The molecule has 1 heterocycles. The Balaban J connectivity index is 2.59. The van der Waals surface area contributed by atoms with Crippen molar-refractivity contribution in [1.29, 1.82) is 5.26 Å². The zero-order valence-corrected chi connectivity index (χ0v) is 14.7. The van der Waals surface area contributed by atoms with Crippen molar-refractivity contribution >= 4 is 35.1 Å². The van der Waals surface area contributed by atoms with Gasteiger partial charge in [0.1, 0.15) is 11.6 Å². The van der Waals surface area contributed by atoms with Gasteiger partial charge in [-0.2, -0.15) is 5.26 Å². The maximum absolute atomic E-state index is 12.2. The Bertz CT molecular complexity index is 912. The summed E-state index contributed by atoms with van der Waals surface area (Å²) in [5.41, 5.74) is 0.745. The number of benzene rings is 1. The highest BCUT2D eigenvalue weighted by molar-refractivity contribution is 6.42. The van der Waals surface area contributed by atoms with Crippen molar-refractivity contribution in [2.45, 2.75) is 26.8 Å². The summed E-state index contributed by atoms with van der Waals surface area (Å²) in [6.07, 6.45) is 2.06. The summed E-state index contributed by atoms with van der Waals surface area (Å²) in [5.74, 6) is -0.206. The molecule has 0 saturated carbocycles. The molecule has 0 radical (unpaired) electrons. The molecule has 24 heavy (non-hydrogen) atoms. The molecule has 0 atom stereocenters. The Morgan fingerprint density at radius 3 is 2.67 bits per heavy atom. The molecule has 0 fully saturated rings. The lowest BCUT2D eigenvalue weighted by Crippen LogP contribution is -2.25. The quantitative estimate of drug-likeness (QED) is 0.826. The van der Waals surface area contributed by atoms with Crippen LogP contribution in [0.15, 0.2) is 28.0 Å². The van der Waals surface area contributed by atoms with Gasteiger partial charge in [0.2, 0.25) is 5.88 Å². The second kappa shape index (κ2) is 7.52. The van der Waals surface area contributed by atoms with Gasteiger partial charge >= 0.3 is 0 Å². The summed E-state index contributed by atoms with van der Waals surface area (Å²) in [5, 5.41) is 20.4. The Hall–Kier alpha value is -2.29. The zero-order chi connectivity index (χ0) is 17.9. The summed E-state index contributed by atoms with van der Waals surface area (Å²) in [6, 6.07) is 6.77. The molecule has 0 aliphatic heterocycles. The number of aromatic hydroxyl groups is 1. The molecule has 0 saturated heterocycles. The first-order chi connectivity index (χ1) is 11.4. The van der Waals surface area contributed by atoms with E-state index in [1.54, 1.807) is 25.1 Å². The molecule has 2 rings (SSSR count). The molecule has 0 unspecified atom stereocenters. The highest BCUT2D eigenvalue weighted by Crippen LogP contribution is 2.27. The van der Waals surface area contributed by atoms with Gasteiger partial charge in [0, 0.05) is 12.8 Å². The predicted octanol–water partition coefficient (Wildman–Crippen LogP) is 4.20. The van der Waals surface area contributed by atoms with E-state index in [1.165, 1.54) is 10.8 Å². The van der Waals surface area contributed by atoms with Gasteiger partial charge in [-0.15, -0.1) is 0 Å². The van der Waals surface area contributed by atoms with Crippen molar-refractivity contribution < 1.29 is 5.11 Å². The first-order valence-corrected chi connectivity index (χ1v) is 8.01. The van der Waals surface area contributed by atoms with Crippen molar-refractivity contribution in [3.8, 4) is 11.9 Å². The Morgan fingerprint density at radius 2 is 2.08 bits per heavy atom. The Labute approximate surface area is 149 Å². The molecule has 1 aromatic carbocycles. The van der Waals surface area contributed by atoms with Crippen molar-refractivity contribution in [2.24, 2.45) is 4.99 Å². The van der Waals surface area contributed by atoms with E-state index in [2.05, 4.69) is 4.99 Å². The minimum atomic E-state index is -0.499. The fourth-order valence-corrected chi connectivity index (χ4v) is 2.55. The minimum Gasteiger partial charge on any atom is -0.494 e. The third-order valence-electron chi connectivity index (χ3n) is 3.54. The third-order valence-corrected chi connectivity index (χ3v) is 4.28. The molecule has 124 valence electrons. The first-order valence-electron chi connectivity index (χ1n) is 7.26. The first kappa shape index (κ1) is 18.1. The number of hydrogen-bond donors (Lipinski definition) is 1. The number of aromatic nitrogens is 1. The van der Waals surface area contributed by atoms with Crippen LogP contribution in [0.1, 0.15) is 30.0 Å². The molecule has 0 aliphatic rings. The van der Waals surface area contributed by atoms with Crippen LogP contribution < -0.4 is 5.56 Å². The number of rotatable bonds is 4. The lowest BCUT2D eigenvalue weighted by molar-refractivity contribution is 0.403. The number of nitriles is 1. The second-order valence-corrected chi connectivity index (χ2v) is 5.98. The van der Waals surface area contributed by atoms with E-state index >= 15 is 0 Å². The van der Waals surface area contributed by atoms with E-state index in [9.17, 15) is 15.2 Å². The Morgan fingerprint density at radius 1 is 1.38 bits per heavy atom. The summed E-state index contributed by atoms with van der Waals surface area (Å²) in [4.78, 5) is 16.5. The minimum absolute atomic E-state index is 0.00293. The summed E-state index contributed by atoms with van der Waals surface area (Å²) < 4.78 is 1.18. The van der Waals surface area contributed by atoms with Crippen molar-refractivity contribution in [2.75, 3.05) is 0 Å². The number of halogens is 2. The van der Waals surface area contributed by atoms with Gasteiger partial charge in [-0.1, -0.05) is 30.1 Å². The SMILES string of the molecule is CCCn1c(O)c(C=Nc2ccc(Cl)c(Cl)c2)c(C)c(C#N)c1=O. The largest absolute Gasteiger partial charge is 0.494 e. The van der Waals surface area contributed by atoms with E-state index in [0.717, 1.165) is 0 Å². The fraction of sp³-hybridized carbons (Fsp3) is 0.235. The van der Waals surface area contributed by atoms with Crippen LogP contribution in [0.4, 0.5) is 5.69 Å². The molecule has 5 nitrogen and oxygen atoms in total. The van der Waals surface area contributed by atoms with Crippen molar-refractivity contribution in [1.82, 2.24) is 4.57 Å². The fourth-order valence-electron chi connectivity index (χ4n) is 2.26. The van der Waals surface area contributed by atoms with Gasteiger partial charge in [0.15, 0.2) is 0 Å². The summed E-state index contributed by atoms with van der Waals surface area (Å²) in [7, 11) is 0. The molecule has 2 aromatic rings. The standard InChI is InChI=1S/C17H15Cl2N3O2/c1-3-6-22-16(23)12(8-20)10(2)13(17(22)24)9-21-11-4-5-14(18)15(19)7-11/h4-5,7,9,24H,3,6H2,1-2H3. The van der Waals surface area contributed by atoms with E-state index in [-0.39, 0.29) is 11.4 Å². The zero-order valence-electron chi connectivity index (χ0n) is 13.2. The van der Waals surface area contributed by atoms with Crippen LogP contribution in [-0.2, 0) is 6.54 Å². The average Bonchev–Trinajstić information content (AvgIpc) is 2.55. The highest BCUT2D eigenvalue weighted by atomic mass is 35.5. The number of pyridine rings is 1. The maximum Gasteiger partial charge on any atom is 0.271 e. The van der Waals surface area contributed by atoms with Gasteiger partial charge in [0.25, 0.3) is 5.56 Å². The molecule has 7 heteroatoms. The number of hydrogen-bond acceptors (Lipinski definition) is 4. The molecular formula is C17H15Cl2N3O2. The molecule has 1 aromatic heterocycles. The van der Waals surface area contributed by atoms with Crippen molar-refractivity contribution in [3.63, 3.8) is 0 Å². The van der Waals surface area contributed by atoms with Crippen LogP contribution in [0, 0.1) is 18.3 Å². The predicted molar refractivity (Wildman–Crippen MR) is 95.8 cm³/mol. The van der Waals surface area contributed by atoms with Crippen LogP contribution in [-0.4, -0.2) is 15.9 Å². The topological polar surface area (TPSA) is 78.4 Å². The van der Waals surface area contributed by atoms with Gasteiger partial charge in [-0.3, -0.25) is 14.4 Å². The van der Waals surface area contributed by atoms with Crippen molar-refractivity contribution in [3.05, 3.63) is 55.3 Å². The number of nitrogens with zero attached hydrogens (tertiary/aromatic N) is 3. The number of aliphatic imine (C=N–C) groups is 1. The lowest BCUT2D eigenvalue weighted by Gasteiger charge is -2.13. The van der Waals surface area contributed by atoms with Crippen LogP contribution >= 0.6 is 23.2 Å². The van der Waals surface area contributed by atoms with E-state index in [0.29, 0.717) is 39.8 Å². The summed E-state index contributed by atoms with van der Waals surface area (Å²) >= 11 is 11.8. The van der Waals surface area contributed by atoms with Crippen LogP contribution in [0.2, 0.25) is 10.0 Å². The second-order valence-electron chi connectivity index (χ2n) is 5.16. The van der Waals surface area contributed by atoms with E-state index in [1.807, 2.05) is 13.0 Å². The van der Waals surface area contributed by atoms with E-state index < -0.39 is 5.56 Å². The summed E-state index contributed by atoms with van der Waals surface area (Å²) in [6.45, 7) is 3.79. The van der Waals surface area contributed by atoms with Gasteiger partial charge < -0.3 is 5.11 Å². The van der Waals surface area contributed by atoms with Crippen LogP contribution in [0.25, 0.3) is 0 Å².